The van der Waals surface area contributed by atoms with Crippen LogP contribution in [0.4, 0.5) is 15.5 Å². The molecule has 228 valence electrons. The van der Waals surface area contributed by atoms with Crippen molar-refractivity contribution in [3.63, 3.8) is 0 Å². The number of carbonyl (C=O) groups excluding carboxylic acids is 2. The van der Waals surface area contributed by atoms with Gasteiger partial charge in [-0.05, 0) is 43.3 Å². The summed E-state index contributed by atoms with van der Waals surface area (Å²) in [5.41, 5.74) is 1.94. The Morgan fingerprint density at radius 3 is 2.67 bits per heavy atom. The summed E-state index contributed by atoms with van der Waals surface area (Å²) < 4.78 is 24.6. The van der Waals surface area contributed by atoms with Crippen molar-refractivity contribution >= 4 is 31.6 Å². The predicted octanol–water partition coefficient (Wildman–Crippen LogP) is 3.18. The highest BCUT2D eigenvalue weighted by Gasteiger charge is 2.66. The molecule has 6 rings (SSSR count). The number of nitrogens with zero attached hydrogens (tertiary/aromatic N) is 5. The van der Waals surface area contributed by atoms with E-state index in [4.69, 9.17) is 4.74 Å². The van der Waals surface area contributed by atoms with E-state index in [0.29, 0.717) is 43.0 Å². The average Bonchev–Trinajstić information content (AvgIpc) is 3.64. The van der Waals surface area contributed by atoms with Crippen molar-refractivity contribution in [2.45, 2.75) is 56.1 Å². The molecule has 3 aromatic rings. The van der Waals surface area contributed by atoms with E-state index in [1.54, 1.807) is 34.6 Å². The predicted molar refractivity (Wildman–Crippen MR) is 163 cm³/mol. The number of ether oxygens (including phenoxy) is 1. The molecule has 2 fully saturated rings. The lowest BCUT2D eigenvalue weighted by atomic mass is 9.82. The van der Waals surface area contributed by atoms with Crippen LogP contribution in [0.5, 0.6) is 0 Å². The van der Waals surface area contributed by atoms with E-state index in [9.17, 15) is 14.7 Å². The number of aliphatic hydroxyl groups excluding tert-OH is 1. The van der Waals surface area contributed by atoms with Gasteiger partial charge in [0.25, 0.3) is 5.91 Å². The SMILES string of the molecule is C[C@H]1[C@H]([Si](C)(C)F)[C@@H](CCn2cc(C(CO)c3ccccc3)nn2)O[C@]12C(=O)N(C)c1ccc(N3CCNCC3=O)cc12. The third-order valence-corrected chi connectivity index (χ3v) is 11.9. The maximum Gasteiger partial charge on any atom is 0.264 e. The number of piperazine rings is 1. The van der Waals surface area contributed by atoms with Gasteiger partial charge in [-0.1, -0.05) is 42.5 Å². The maximum absolute atomic E-state index is 16.1. The van der Waals surface area contributed by atoms with Crippen molar-refractivity contribution in [2.75, 3.05) is 43.1 Å². The highest BCUT2D eigenvalue weighted by atomic mass is 28.4. The fourth-order valence-corrected chi connectivity index (χ4v) is 9.90. The monoisotopic (exact) mass is 606 g/mol. The standard InChI is InChI=1S/C31H39FN6O4Si/c1-20-29(43(3,4)32)27(12-14-37-18-25(34-35-37)23(19-39)21-8-6-5-7-9-21)42-31(20)24-16-22(38-15-13-33-17-28(38)40)10-11-26(24)36(2)30(31)41/h5-11,16,18,20,23,27,29,33,39H,12-15,17,19H2,1-4H3/t20-,23?,27+,29-,31+/m0/s1. The number of rotatable bonds is 8. The first-order chi connectivity index (χ1) is 20.6. The van der Waals surface area contributed by atoms with Crippen LogP contribution in [0.1, 0.15) is 36.1 Å². The van der Waals surface area contributed by atoms with Crippen LogP contribution in [0.15, 0.2) is 54.7 Å². The minimum absolute atomic E-state index is 0.0331. The molecule has 0 radical (unpaired) electrons. The largest absolute Gasteiger partial charge is 0.395 e. The second kappa shape index (κ2) is 11.2. The van der Waals surface area contributed by atoms with Gasteiger partial charge in [0.2, 0.25) is 14.3 Å². The molecule has 12 heteroatoms. The third kappa shape index (κ3) is 4.99. The Morgan fingerprint density at radius 1 is 1.21 bits per heavy atom. The van der Waals surface area contributed by atoms with Gasteiger partial charge in [0.1, 0.15) is 0 Å². The minimum Gasteiger partial charge on any atom is -0.395 e. The van der Waals surface area contributed by atoms with Crippen molar-refractivity contribution in [1.82, 2.24) is 20.3 Å². The lowest BCUT2D eigenvalue weighted by molar-refractivity contribution is -0.145. The second-order valence-corrected chi connectivity index (χ2v) is 16.2. The highest BCUT2D eigenvalue weighted by molar-refractivity contribution is 6.72. The van der Waals surface area contributed by atoms with E-state index in [0.717, 1.165) is 11.3 Å². The van der Waals surface area contributed by atoms with Crippen molar-refractivity contribution in [3.05, 3.63) is 71.5 Å². The zero-order chi connectivity index (χ0) is 30.5. The normalized spacial score (nSPS) is 26.4. The summed E-state index contributed by atoms with van der Waals surface area (Å²) in [7, 11) is -1.60. The quantitative estimate of drug-likeness (QED) is 0.299. The van der Waals surface area contributed by atoms with Gasteiger partial charge < -0.3 is 29.1 Å². The number of aliphatic hydroxyl groups is 1. The number of carbonyl (C=O) groups is 2. The molecule has 1 unspecified atom stereocenters. The first kappa shape index (κ1) is 29.6. The first-order valence-electron chi connectivity index (χ1n) is 14.9. The number of nitrogens with one attached hydrogen (secondary N) is 1. The van der Waals surface area contributed by atoms with Crippen LogP contribution in [-0.4, -0.2) is 79.7 Å². The topological polar surface area (TPSA) is 113 Å². The molecule has 4 heterocycles. The second-order valence-electron chi connectivity index (χ2n) is 12.4. The Balaban J connectivity index is 1.29. The van der Waals surface area contributed by atoms with Crippen LogP contribution < -0.4 is 15.1 Å². The zero-order valence-corrected chi connectivity index (χ0v) is 26.0. The smallest absolute Gasteiger partial charge is 0.264 e. The third-order valence-electron chi connectivity index (χ3n) is 9.42. The molecule has 2 aromatic carbocycles. The number of hydrogen-bond acceptors (Lipinski definition) is 7. The van der Waals surface area contributed by atoms with Crippen LogP contribution in [0, 0.1) is 5.92 Å². The van der Waals surface area contributed by atoms with Crippen molar-refractivity contribution in [3.8, 4) is 0 Å². The molecule has 10 nitrogen and oxygen atoms in total. The fraction of sp³-hybridized carbons (Fsp3) is 0.484. The van der Waals surface area contributed by atoms with Gasteiger partial charge in [-0.2, -0.15) is 0 Å². The molecule has 3 aliphatic heterocycles. The number of fused-ring (bicyclic) bond motifs is 2. The average molecular weight is 607 g/mol. The summed E-state index contributed by atoms with van der Waals surface area (Å²) in [5, 5.41) is 21.8. The lowest BCUT2D eigenvalue weighted by Gasteiger charge is -2.32. The van der Waals surface area contributed by atoms with Gasteiger partial charge in [0, 0.05) is 55.6 Å². The summed E-state index contributed by atoms with van der Waals surface area (Å²) in [4.78, 5) is 30.1. The van der Waals surface area contributed by atoms with Gasteiger partial charge in [-0.3, -0.25) is 14.3 Å². The Bertz CT molecular complexity index is 1510. The molecule has 0 saturated carbocycles. The summed E-state index contributed by atoms with van der Waals surface area (Å²) in [6.07, 6.45) is 1.73. The van der Waals surface area contributed by atoms with Crippen LogP contribution >= 0.6 is 0 Å². The summed E-state index contributed by atoms with van der Waals surface area (Å²) >= 11 is 0. The van der Waals surface area contributed by atoms with Crippen molar-refractivity contribution in [2.24, 2.45) is 5.92 Å². The molecule has 2 saturated heterocycles. The summed E-state index contributed by atoms with van der Waals surface area (Å²) in [6, 6.07) is 15.3. The molecule has 2 amide bonds. The van der Waals surface area contributed by atoms with Gasteiger partial charge in [0.15, 0.2) is 5.60 Å². The zero-order valence-electron chi connectivity index (χ0n) is 25.0. The number of anilines is 2. The molecule has 5 atom stereocenters. The molecule has 3 aliphatic rings. The minimum atomic E-state index is -3.32. The molecular formula is C31H39FN6O4Si. The highest BCUT2D eigenvalue weighted by Crippen LogP contribution is 2.60. The molecular weight excluding hydrogens is 567 g/mol. The van der Waals surface area contributed by atoms with E-state index in [-0.39, 0.29) is 30.9 Å². The Hall–Kier alpha value is -3.45. The van der Waals surface area contributed by atoms with Gasteiger partial charge in [-0.25, -0.2) is 0 Å². The van der Waals surface area contributed by atoms with Gasteiger partial charge in [0.05, 0.1) is 36.6 Å². The van der Waals surface area contributed by atoms with Crippen LogP contribution in [-0.2, 0) is 26.5 Å². The van der Waals surface area contributed by atoms with Gasteiger partial charge >= 0.3 is 0 Å². The number of hydrogen-bond donors (Lipinski definition) is 2. The molecule has 43 heavy (non-hydrogen) atoms. The fourth-order valence-electron chi connectivity index (χ4n) is 7.36. The molecule has 1 spiro atoms. The number of likely N-dealkylation sites (N-methyl/N-ethyl adjacent to an activating group) is 1. The number of halogens is 1. The Kier molecular flexibility index (Phi) is 7.74. The lowest BCUT2D eigenvalue weighted by Crippen LogP contribution is -2.48. The van der Waals surface area contributed by atoms with Crippen LogP contribution in [0.3, 0.4) is 0 Å². The Morgan fingerprint density at radius 2 is 1.98 bits per heavy atom. The van der Waals surface area contributed by atoms with E-state index >= 15 is 4.11 Å². The summed E-state index contributed by atoms with van der Waals surface area (Å²) in [5.74, 6) is -0.959. The van der Waals surface area contributed by atoms with E-state index < -0.39 is 31.6 Å². The Labute approximate surface area is 252 Å². The van der Waals surface area contributed by atoms with Crippen molar-refractivity contribution < 1.29 is 23.5 Å². The number of aromatic nitrogens is 3. The van der Waals surface area contributed by atoms with E-state index in [2.05, 4.69) is 15.6 Å². The van der Waals surface area contributed by atoms with E-state index in [1.807, 2.05) is 61.7 Å². The van der Waals surface area contributed by atoms with Gasteiger partial charge in [-0.15, -0.1) is 5.10 Å². The maximum atomic E-state index is 16.1. The molecule has 2 N–H and O–H groups in total. The molecule has 1 aromatic heterocycles. The number of amides is 2. The molecule has 0 bridgehead atoms. The first-order valence-corrected chi connectivity index (χ1v) is 17.9. The van der Waals surface area contributed by atoms with Crippen LogP contribution in [0.2, 0.25) is 18.6 Å². The van der Waals surface area contributed by atoms with E-state index in [1.165, 1.54) is 0 Å². The van der Waals surface area contributed by atoms with Crippen molar-refractivity contribution in [1.29, 1.82) is 0 Å². The number of benzene rings is 2. The molecule has 0 aliphatic carbocycles. The number of aryl methyl sites for hydroxylation is 1. The van der Waals surface area contributed by atoms with Crippen LogP contribution in [0.25, 0.3) is 0 Å². The summed E-state index contributed by atoms with van der Waals surface area (Å²) in [6.45, 7) is 7.08.